The summed E-state index contributed by atoms with van der Waals surface area (Å²) in [6.45, 7) is 1.38. The molecule has 740 valence electrons. The van der Waals surface area contributed by atoms with Crippen molar-refractivity contribution in [2.45, 2.75) is 81.5 Å². The number of nitrogens with zero attached hydrogens (tertiary/aromatic N) is 26. The van der Waals surface area contributed by atoms with Gasteiger partial charge in [-0.05, 0) is 96.5 Å². The number of fused-ring (bicyclic) bond motifs is 3. The Kier molecular flexibility index (Phi) is 32.4. The van der Waals surface area contributed by atoms with Crippen LogP contribution in [-0.4, -0.2) is 417 Å². The van der Waals surface area contributed by atoms with Crippen LogP contribution in [-0.2, 0) is 83.3 Å². The monoisotopic (exact) mass is 1980 g/mol. The van der Waals surface area contributed by atoms with Gasteiger partial charge in [-0.3, -0.25) is 70.1 Å². The number of hydrogen-bond acceptors (Lipinski definition) is 39. The number of piperazine rings is 1. The quantitative estimate of drug-likeness (QED) is 0.0172. The fourth-order valence-corrected chi connectivity index (χ4v) is 26.1. The van der Waals surface area contributed by atoms with Gasteiger partial charge in [0.25, 0.3) is 11.1 Å². The van der Waals surface area contributed by atoms with Crippen LogP contribution in [0.1, 0.15) is 45.0 Å². The van der Waals surface area contributed by atoms with Gasteiger partial charge < -0.3 is 99.2 Å². The van der Waals surface area contributed by atoms with Crippen molar-refractivity contribution in [3.63, 3.8) is 0 Å². The number of imidazole rings is 3. The summed E-state index contributed by atoms with van der Waals surface area (Å²) in [6, 6.07) is 2.78. The summed E-state index contributed by atoms with van der Waals surface area (Å²) >= 11 is 0. The first-order valence-corrected chi connectivity index (χ1v) is 50.5. The van der Waals surface area contributed by atoms with E-state index >= 15 is 22.8 Å². The smallest absolute Gasteiger partial charge is 0.409 e. The molecule has 15 atom stereocenters. The van der Waals surface area contributed by atoms with Gasteiger partial charge in [0.15, 0.2) is 46.2 Å². The van der Waals surface area contributed by atoms with Gasteiger partial charge in [0, 0.05) is 83.9 Å². The molecule has 8 aromatic rings. The van der Waals surface area contributed by atoms with Crippen molar-refractivity contribution in [3.8, 4) is 0 Å². The molecular weight excluding hydrogens is 1870 g/mol. The van der Waals surface area contributed by atoms with Crippen LogP contribution in [0, 0.1) is 0 Å². The average Bonchev–Trinajstić information content (AvgIpc) is 0.939. The van der Waals surface area contributed by atoms with E-state index < -0.39 is 155 Å². The number of aliphatic hydroxyl groups excluding tert-OH is 1. The third kappa shape index (κ3) is 22.3. The van der Waals surface area contributed by atoms with Gasteiger partial charge in [0.1, 0.15) is 48.8 Å². The maximum atomic E-state index is 16.6. The first kappa shape index (κ1) is 101. The van der Waals surface area contributed by atoms with Crippen molar-refractivity contribution in [2.24, 2.45) is 0 Å². The molecule has 57 nitrogen and oxygen atoms in total. The van der Waals surface area contributed by atoms with Crippen molar-refractivity contribution in [1.82, 2.24) is 134 Å². The lowest BCUT2D eigenvalue weighted by Crippen LogP contribution is -2.52. The molecule has 13 N–H and O–H groups in total. The van der Waals surface area contributed by atoms with Gasteiger partial charge in [-0.1, -0.05) is 0 Å². The van der Waals surface area contributed by atoms with Gasteiger partial charge in [-0.25, -0.2) is 86.0 Å². The Morgan fingerprint density at radius 1 is 0.433 bits per heavy atom. The Hall–Kier alpha value is -8.53. The van der Waals surface area contributed by atoms with E-state index in [1.54, 1.807) is 43.8 Å². The summed E-state index contributed by atoms with van der Waals surface area (Å²) in [5.74, 6) is -0.538. The number of ether oxygens (including phenoxy) is 8. The number of nitrogens with two attached hydrogens (primary N) is 5. The van der Waals surface area contributed by atoms with E-state index in [2.05, 4.69) is 59.7 Å². The second kappa shape index (κ2) is 42.8. The van der Waals surface area contributed by atoms with Crippen LogP contribution in [0.4, 0.5) is 34.1 Å². The predicted octanol–water partition coefficient (Wildman–Crippen LogP) is -0.866. The molecule has 6 saturated heterocycles. The molecule has 5 unspecified atom stereocenters. The number of aliphatic hydroxyl groups is 1. The van der Waals surface area contributed by atoms with Crippen LogP contribution in [0.5, 0.6) is 0 Å². The maximum Gasteiger partial charge on any atom is 0.409 e. The van der Waals surface area contributed by atoms with Gasteiger partial charge in [-0.15, -0.1) is 0 Å². The van der Waals surface area contributed by atoms with Gasteiger partial charge in [0.05, 0.1) is 142 Å². The first-order valence-electron chi connectivity index (χ1n) is 42.9. The highest BCUT2D eigenvalue weighted by molar-refractivity contribution is 7.55. The van der Waals surface area contributed by atoms with E-state index in [0.717, 1.165) is 4.57 Å². The number of anilines is 5. The number of nitrogen functional groups attached to an aromatic ring is 5. The number of nitrogens with one attached hydrogen (secondary N) is 2. The second-order valence-corrected chi connectivity index (χ2v) is 46.5. The number of aromatic nitrogens is 16. The van der Waals surface area contributed by atoms with Crippen molar-refractivity contribution in [2.75, 3.05) is 263 Å². The number of rotatable bonds is 39. The molecule has 6 aliphatic heterocycles. The van der Waals surface area contributed by atoms with E-state index in [-0.39, 0.29) is 183 Å². The molecule has 0 saturated carbocycles. The number of carbonyl (C=O) groups excluding carboxylic acids is 1. The average molecular weight is 1980 g/mol. The predicted molar refractivity (Wildman–Crippen MR) is 483 cm³/mol. The summed E-state index contributed by atoms with van der Waals surface area (Å²) in [4.78, 5) is 115. The van der Waals surface area contributed by atoms with Gasteiger partial charge >= 0.3 is 55.8 Å². The lowest BCUT2D eigenvalue weighted by Gasteiger charge is -2.46. The number of carbonyl (C=O) groups is 1. The standard InChI is InChI=1S/C72H118N33O24P5/c1-46(2)95-27-47(125-54(32-95)103-43-80-59-62(75)78-42-79-63(59)103)37-121-131(113,90(5)6)97-28-48(126-55(33-97)101-15-13-52(73)83-70(101)109)39-122-132(114,91(7)8)98-29-49(127-56(34-98)102-16-14-53(74)84-71(102)110)40-123-133(115,92(9)10)100-31-51(129-58(36-100)105-45-82-61-65(105)86-69(77)88-67(61)108)41-124-134(116,93(11)12)99-30-50(128-57(35-99)104-44-81-60-64(104)85-68(76)87-66(60)107)38-120-130(112,89(3)4)96-19-17-94(18-20-96)72(111)119-26-25-118-24-23-117-22-21-106/h13-16,42-51,54-58,106H,17-41H2,1-12H3,(H2,73,83,109)(H2,74,84,110)(H2,75,78,79)(H3,76,85,87,107)(H3,77,86,88,108)/t47-,48-,49-,50-,51-,54+,55+,56+,57+,58+,130?,131?,132?,133?,134?/m0/s1. The van der Waals surface area contributed by atoms with Crippen LogP contribution in [0.3, 0.4) is 0 Å². The molecule has 1 amide bonds. The van der Waals surface area contributed by atoms with E-state index in [1.807, 2.05) is 13.8 Å². The molecule has 134 heavy (non-hydrogen) atoms. The topological polar surface area (TPSA) is 652 Å². The van der Waals surface area contributed by atoms with E-state index in [0.29, 0.717) is 24.3 Å². The number of amides is 1. The molecule has 0 spiro atoms. The van der Waals surface area contributed by atoms with Gasteiger partial charge in [0.2, 0.25) is 11.9 Å². The van der Waals surface area contributed by atoms with Crippen LogP contribution in [0.15, 0.2) is 69.0 Å². The maximum absolute atomic E-state index is 16.6. The third-order valence-corrected chi connectivity index (χ3v) is 35.8. The lowest BCUT2D eigenvalue weighted by molar-refractivity contribution is -0.140. The number of H-pyrrole nitrogens is 2. The molecule has 0 bridgehead atoms. The zero-order valence-corrected chi connectivity index (χ0v) is 80.7. The summed E-state index contributed by atoms with van der Waals surface area (Å²) < 4.78 is 185. The van der Waals surface area contributed by atoms with E-state index in [9.17, 15) is 24.0 Å². The molecule has 0 aliphatic carbocycles. The minimum atomic E-state index is -4.52. The third-order valence-electron chi connectivity index (χ3n) is 23.0. The summed E-state index contributed by atoms with van der Waals surface area (Å²) in [6.07, 6.45) is -3.58. The lowest BCUT2D eigenvalue weighted by atomic mass is 10.2. The molecule has 6 fully saturated rings. The molecule has 62 heteroatoms. The summed E-state index contributed by atoms with van der Waals surface area (Å²) in [5, 5.41) is 8.95. The Bertz CT molecular complexity index is 5940. The zero-order chi connectivity index (χ0) is 96.2. The Morgan fingerprint density at radius 3 is 1.15 bits per heavy atom. The Labute approximate surface area is 767 Å². The second-order valence-electron chi connectivity index (χ2n) is 33.5. The molecular formula is C72H118N33O24P5. The number of hydrogen-bond donors (Lipinski definition) is 8. The highest BCUT2D eigenvalue weighted by atomic mass is 31.2. The van der Waals surface area contributed by atoms with Crippen molar-refractivity contribution < 1.29 is 93.2 Å². The minimum absolute atomic E-state index is 0.00307. The summed E-state index contributed by atoms with van der Waals surface area (Å²) in [7, 11) is -6.29. The zero-order valence-electron chi connectivity index (χ0n) is 76.2. The normalized spacial score (nSPS) is 25.1. The van der Waals surface area contributed by atoms with E-state index in [4.69, 9.17) is 94.3 Å². The van der Waals surface area contributed by atoms with Crippen LogP contribution < -0.4 is 51.2 Å². The highest BCUT2D eigenvalue weighted by Crippen LogP contribution is 2.61. The molecule has 14 heterocycles. The molecule has 14 rings (SSSR count). The van der Waals surface area contributed by atoms with Crippen LogP contribution >= 0.6 is 38.4 Å². The van der Waals surface area contributed by atoms with Crippen molar-refractivity contribution in [1.29, 1.82) is 0 Å². The van der Waals surface area contributed by atoms with Crippen LogP contribution in [0.2, 0.25) is 0 Å². The fraction of sp³-hybridized carbons (Fsp3) is 0.667. The number of aromatic amines is 2. The molecule has 0 aromatic carbocycles. The Morgan fingerprint density at radius 2 is 0.776 bits per heavy atom. The largest absolute Gasteiger partial charge is 0.447 e. The summed E-state index contributed by atoms with van der Waals surface area (Å²) in [5.41, 5.74) is 28.0. The molecule has 0 radical (unpaired) electrons. The van der Waals surface area contributed by atoms with Crippen LogP contribution in [0.25, 0.3) is 33.5 Å². The van der Waals surface area contributed by atoms with Gasteiger partial charge in [-0.2, -0.15) is 19.9 Å². The van der Waals surface area contributed by atoms with E-state index in [1.165, 1.54) is 146 Å². The van der Waals surface area contributed by atoms with Crippen molar-refractivity contribution >= 4 is 107 Å². The Balaban J connectivity index is 0.714. The molecule has 8 aromatic heterocycles. The van der Waals surface area contributed by atoms with Crippen molar-refractivity contribution in [3.05, 3.63) is 91.5 Å². The highest BCUT2D eigenvalue weighted by Gasteiger charge is 2.52. The SMILES string of the molecule is CC(C)N1C[C@@H](COP(=O)(N(C)C)N2C[C@@H](COP(=O)(N(C)C)N3C[C@@H](COP(=O)(N(C)C)N4C[C@@H](COP(=O)(N(C)C)N5C[C@@H](COP(=O)(N(C)C)N6CCN(C(=O)OCCOCCOCCO)CC6)O[C@@H](n6cnc7c(=O)[nH]c(N)nc76)C5)O[C@@H](n5cnc6c(=O)[nH]c(N)nc65)C4)O[C@@H](n4ccc(N)nc4=O)C3)O[C@@H](n3ccc(N)nc3=O)C2)O[C@@H](n2cnc3c(N)ncnc32)C1. The fourth-order valence-electron chi connectivity index (χ4n) is 16.1. The first-order chi connectivity index (χ1) is 63.7. The molecule has 6 aliphatic rings. The minimum Gasteiger partial charge on any atom is -0.447 e. The number of morpholine rings is 5.